The zero-order chi connectivity index (χ0) is 13.3. The van der Waals surface area contributed by atoms with Gasteiger partial charge in [0.2, 0.25) is 0 Å². The molecule has 0 unspecified atom stereocenters. The van der Waals surface area contributed by atoms with Gasteiger partial charge in [-0.3, -0.25) is 4.31 Å². The molecule has 0 N–H and O–H groups in total. The molecular formula is C13H17NO3S. The van der Waals surface area contributed by atoms with Crippen molar-refractivity contribution in [2.24, 2.45) is 0 Å². The fourth-order valence-corrected chi connectivity index (χ4v) is 2.09. The van der Waals surface area contributed by atoms with Crippen LogP contribution in [0.4, 0.5) is 4.79 Å². The summed E-state index contributed by atoms with van der Waals surface area (Å²) in [5.41, 5.74) is 0.841. The van der Waals surface area contributed by atoms with E-state index >= 15 is 0 Å². The number of hydrogen-bond donors (Lipinski definition) is 0. The Hall–Kier alpha value is -1.36. The van der Waals surface area contributed by atoms with Gasteiger partial charge < -0.3 is 9.47 Å². The van der Waals surface area contributed by atoms with Crippen molar-refractivity contribution in [3.63, 3.8) is 0 Å². The van der Waals surface area contributed by atoms with Gasteiger partial charge in [-0.05, 0) is 31.9 Å². The molecule has 0 saturated carbocycles. The van der Waals surface area contributed by atoms with E-state index in [0.717, 1.165) is 12.0 Å². The van der Waals surface area contributed by atoms with Crippen LogP contribution in [-0.2, 0) is 6.42 Å². The molecule has 98 valence electrons. The Bertz CT molecular complexity index is 473. The van der Waals surface area contributed by atoms with E-state index in [2.05, 4.69) is 0 Å². The van der Waals surface area contributed by atoms with Crippen LogP contribution in [0, 0.1) is 0 Å². The van der Waals surface area contributed by atoms with E-state index in [4.69, 9.17) is 9.47 Å². The van der Waals surface area contributed by atoms with Gasteiger partial charge in [0.05, 0.1) is 0 Å². The van der Waals surface area contributed by atoms with Crippen molar-refractivity contribution in [1.29, 1.82) is 0 Å². The summed E-state index contributed by atoms with van der Waals surface area (Å²) in [6, 6.07) is 5.64. The molecule has 5 heteroatoms. The lowest BCUT2D eigenvalue weighted by atomic mass is 10.0. The zero-order valence-electron chi connectivity index (χ0n) is 11.0. The van der Waals surface area contributed by atoms with Crippen molar-refractivity contribution in [3.05, 3.63) is 23.8 Å². The second kappa shape index (κ2) is 4.72. The Morgan fingerprint density at radius 1 is 1.50 bits per heavy atom. The maximum atomic E-state index is 11.7. The summed E-state index contributed by atoms with van der Waals surface area (Å²) in [6.07, 6.45) is 2.24. The molecule has 0 aliphatic carbocycles. The molecule has 18 heavy (non-hydrogen) atoms. The average molecular weight is 267 g/mol. The van der Waals surface area contributed by atoms with E-state index in [1.807, 2.05) is 32.2 Å². The predicted molar refractivity (Wildman–Crippen MR) is 72.2 cm³/mol. The molecule has 0 aromatic heterocycles. The third-order valence-corrected chi connectivity index (χ3v) is 3.48. The summed E-state index contributed by atoms with van der Waals surface area (Å²) in [7, 11) is 1.67. The number of para-hydroxylation sites is 1. The lowest BCUT2D eigenvalue weighted by molar-refractivity contribution is 0.132. The quantitative estimate of drug-likeness (QED) is 0.772. The van der Waals surface area contributed by atoms with Gasteiger partial charge >= 0.3 is 6.09 Å². The monoisotopic (exact) mass is 267 g/mol. The standard InChI is InChI=1S/C13H17NO3S/c1-13(2)8-9-6-5-7-10(11(9)17-13)16-12(15)14(3)18-4/h5-7H,8H2,1-4H3. The lowest BCUT2D eigenvalue weighted by Gasteiger charge is -2.18. The topological polar surface area (TPSA) is 38.8 Å². The van der Waals surface area contributed by atoms with Crippen LogP contribution in [0.25, 0.3) is 0 Å². The molecule has 0 fully saturated rings. The Morgan fingerprint density at radius 2 is 2.22 bits per heavy atom. The minimum absolute atomic E-state index is 0.240. The van der Waals surface area contributed by atoms with Gasteiger partial charge in [0.25, 0.3) is 0 Å². The van der Waals surface area contributed by atoms with Crippen LogP contribution in [0.15, 0.2) is 18.2 Å². The highest BCUT2D eigenvalue weighted by Gasteiger charge is 2.32. The van der Waals surface area contributed by atoms with Crippen LogP contribution in [0.1, 0.15) is 19.4 Å². The Morgan fingerprint density at radius 3 is 2.89 bits per heavy atom. The van der Waals surface area contributed by atoms with Crippen molar-refractivity contribution in [3.8, 4) is 11.5 Å². The Labute approximate surface area is 111 Å². The van der Waals surface area contributed by atoms with Gasteiger partial charge in [0.15, 0.2) is 11.5 Å². The number of hydrogen-bond acceptors (Lipinski definition) is 4. The Balaban J connectivity index is 2.22. The molecule has 0 radical (unpaired) electrons. The summed E-state index contributed by atoms with van der Waals surface area (Å²) < 4.78 is 12.6. The summed E-state index contributed by atoms with van der Waals surface area (Å²) in [6.45, 7) is 4.04. The van der Waals surface area contributed by atoms with Crippen molar-refractivity contribution < 1.29 is 14.3 Å². The highest BCUT2D eigenvalue weighted by molar-refractivity contribution is 7.96. The highest BCUT2D eigenvalue weighted by Crippen LogP contribution is 2.41. The first-order chi connectivity index (χ1) is 8.43. The summed E-state index contributed by atoms with van der Waals surface area (Å²) in [4.78, 5) is 11.7. The number of carbonyl (C=O) groups excluding carboxylic acids is 1. The number of amides is 1. The van der Waals surface area contributed by atoms with Crippen LogP contribution >= 0.6 is 11.9 Å². The predicted octanol–water partition coefficient (Wildman–Crippen LogP) is 3.11. The molecule has 0 atom stereocenters. The molecule has 2 rings (SSSR count). The minimum atomic E-state index is -0.399. The van der Waals surface area contributed by atoms with E-state index in [9.17, 15) is 4.79 Å². The van der Waals surface area contributed by atoms with E-state index in [0.29, 0.717) is 11.5 Å². The van der Waals surface area contributed by atoms with Gasteiger partial charge in [-0.15, -0.1) is 0 Å². The second-order valence-corrected chi connectivity index (χ2v) is 5.74. The molecule has 4 nitrogen and oxygen atoms in total. The first-order valence-corrected chi connectivity index (χ1v) is 6.92. The van der Waals surface area contributed by atoms with Gasteiger partial charge in [-0.1, -0.05) is 12.1 Å². The molecule has 0 saturated heterocycles. The molecule has 1 aromatic rings. The van der Waals surface area contributed by atoms with Gasteiger partial charge in [0, 0.05) is 25.3 Å². The van der Waals surface area contributed by atoms with Crippen LogP contribution in [0.3, 0.4) is 0 Å². The highest BCUT2D eigenvalue weighted by atomic mass is 32.2. The second-order valence-electron chi connectivity index (χ2n) is 4.83. The molecule has 1 aliphatic rings. The number of ether oxygens (including phenoxy) is 2. The molecule has 1 heterocycles. The fraction of sp³-hybridized carbons (Fsp3) is 0.462. The van der Waals surface area contributed by atoms with Crippen LogP contribution in [-0.4, -0.2) is 29.3 Å². The van der Waals surface area contributed by atoms with Gasteiger partial charge in [-0.25, -0.2) is 4.79 Å². The summed E-state index contributed by atoms with van der Waals surface area (Å²) in [5, 5.41) is 0. The zero-order valence-corrected chi connectivity index (χ0v) is 11.8. The molecular weight excluding hydrogens is 250 g/mol. The third-order valence-electron chi connectivity index (χ3n) is 2.78. The smallest absolute Gasteiger partial charge is 0.425 e. The van der Waals surface area contributed by atoms with Crippen LogP contribution < -0.4 is 9.47 Å². The first-order valence-electron chi connectivity index (χ1n) is 5.73. The number of fused-ring (bicyclic) bond motifs is 1. The van der Waals surface area contributed by atoms with Crippen LogP contribution in [0.2, 0.25) is 0 Å². The maximum Gasteiger partial charge on any atom is 0.425 e. The van der Waals surface area contributed by atoms with E-state index in [1.165, 1.54) is 16.3 Å². The molecule has 0 bridgehead atoms. The average Bonchev–Trinajstić information content (AvgIpc) is 2.63. The van der Waals surface area contributed by atoms with Crippen molar-refractivity contribution in [2.75, 3.05) is 13.3 Å². The lowest BCUT2D eigenvalue weighted by Crippen LogP contribution is -2.25. The van der Waals surface area contributed by atoms with E-state index in [-0.39, 0.29) is 5.60 Å². The largest absolute Gasteiger partial charge is 0.483 e. The third kappa shape index (κ3) is 2.56. The van der Waals surface area contributed by atoms with Crippen molar-refractivity contribution in [1.82, 2.24) is 4.31 Å². The SMILES string of the molecule is CSN(C)C(=O)Oc1cccc2c1OC(C)(C)C2. The minimum Gasteiger partial charge on any atom is -0.483 e. The number of rotatable bonds is 2. The van der Waals surface area contributed by atoms with E-state index < -0.39 is 6.09 Å². The van der Waals surface area contributed by atoms with Crippen molar-refractivity contribution in [2.45, 2.75) is 25.9 Å². The van der Waals surface area contributed by atoms with Crippen LogP contribution in [0.5, 0.6) is 11.5 Å². The van der Waals surface area contributed by atoms with Crippen molar-refractivity contribution >= 4 is 18.0 Å². The molecule has 1 aliphatic heterocycles. The number of nitrogens with zero attached hydrogens (tertiary/aromatic N) is 1. The summed E-state index contributed by atoms with van der Waals surface area (Å²) >= 11 is 1.30. The molecule has 1 amide bonds. The maximum absolute atomic E-state index is 11.7. The number of benzene rings is 1. The summed E-state index contributed by atoms with van der Waals surface area (Å²) in [5.74, 6) is 1.18. The number of carbonyl (C=O) groups is 1. The fourth-order valence-electron chi connectivity index (χ4n) is 1.90. The Kier molecular flexibility index (Phi) is 3.43. The normalized spacial score (nSPS) is 15.8. The van der Waals surface area contributed by atoms with Gasteiger partial charge in [-0.2, -0.15) is 0 Å². The molecule has 0 spiro atoms. The van der Waals surface area contributed by atoms with Gasteiger partial charge in [0.1, 0.15) is 5.60 Å². The molecule has 1 aromatic carbocycles. The van der Waals surface area contributed by atoms with E-state index in [1.54, 1.807) is 13.1 Å². The first kappa shape index (κ1) is 13.1.